The normalized spacial score (nSPS) is 11.2. The van der Waals surface area contributed by atoms with Crippen molar-refractivity contribution in [3.05, 3.63) is 59.2 Å². The molecular weight excluding hydrogens is 354 g/mol. The quantitative estimate of drug-likeness (QED) is 0.553. The SMILES string of the molecule is Cc1ccc(C(C)C)c(OCC(=O)NN=Cc2ccc(OC(F)F)cc2)c1. The number of nitrogens with one attached hydrogen (secondary N) is 1. The van der Waals surface area contributed by atoms with Gasteiger partial charge in [0.05, 0.1) is 6.21 Å². The summed E-state index contributed by atoms with van der Waals surface area (Å²) in [6, 6.07) is 11.8. The number of rotatable bonds is 8. The second-order valence-electron chi connectivity index (χ2n) is 6.23. The van der Waals surface area contributed by atoms with Crippen molar-refractivity contribution in [3.8, 4) is 11.5 Å². The molecule has 0 saturated carbocycles. The van der Waals surface area contributed by atoms with E-state index in [1.807, 2.05) is 25.1 Å². The van der Waals surface area contributed by atoms with Crippen molar-refractivity contribution in [2.24, 2.45) is 5.10 Å². The fraction of sp³-hybridized carbons (Fsp3) is 0.300. The van der Waals surface area contributed by atoms with Gasteiger partial charge in [-0.15, -0.1) is 0 Å². The highest BCUT2D eigenvalue weighted by atomic mass is 19.3. The first-order chi connectivity index (χ1) is 12.8. The molecule has 0 aliphatic carbocycles. The molecule has 0 heterocycles. The minimum Gasteiger partial charge on any atom is -0.483 e. The van der Waals surface area contributed by atoms with E-state index in [0.717, 1.165) is 11.1 Å². The first-order valence-corrected chi connectivity index (χ1v) is 8.45. The van der Waals surface area contributed by atoms with Gasteiger partial charge in [0.2, 0.25) is 0 Å². The Morgan fingerprint density at radius 2 is 1.89 bits per heavy atom. The van der Waals surface area contributed by atoms with Crippen molar-refractivity contribution in [1.82, 2.24) is 5.43 Å². The number of aryl methyl sites for hydroxylation is 1. The number of benzene rings is 2. The number of hydrazone groups is 1. The van der Waals surface area contributed by atoms with Crippen LogP contribution in [0.15, 0.2) is 47.6 Å². The van der Waals surface area contributed by atoms with Gasteiger partial charge in [0, 0.05) is 0 Å². The van der Waals surface area contributed by atoms with Crippen LogP contribution in [0.2, 0.25) is 0 Å². The van der Waals surface area contributed by atoms with E-state index in [4.69, 9.17) is 4.74 Å². The summed E-state index contributed by atoms with van der Waals surface area (Å²) in [6.07, 6.45) is 1.40. The Morgan fingerprint density at radius 1 is 1.19 bits per heavy atom. The molecule has 2 aromatic rings. The molecule has 144 valence electrons. The lowest BCUT2D eigenvalue weighted by Crippen LogP contribution is -2.25. The summed E-state index contributed by atoms with van der Waals surface area (Å²) in [5.74, 6) is 0.608. The first kappa shape index (κ1) is 20.4. The minimum atomic E-state index is -2.87. The van der Waals surface area contributed by atoms with Crippen LogP contribution in [-0.2, 0) is 4.79 Å². The summed E-state index contributed by atoms with van der Waals surface area (Å²) >= 11 is 0. The smallest absolute Gasteiger partial charge is 0.387 e. The van der Waals surface area contributed by atoms with Crippen molar-refractivity contribution in [2.45, 2.75) is 33.3 Å². The molecule has 1 amide bonds. The van der Waals surface area contributed by atoms with Gasteiger partial charge in [-0.3, -0.25) is 4.79 Å². The van der Waals surface area contributed by atoms with Gasteiger partial charge >= 0.3 is 6.61 Å². The molecule has 0 atom stereocenters. The minimum absolute atomic E-state index is 0.0543. The summed E-state index contributed by atoms with van der Waals surface area (Å²) in [5, 5.41) is 3.83. The highest BCUT2D eigenvalue weighted by molar-refractivity contribution is 5.83. The van der Waals surface area contributed by atoms with E-state index in [1.54, 1.807) is 12.1 Å². The largest absolute Gasteiger partial charge is 0.483 e. The molecule has 0 saturated heterocycles. The third-order valence-corrected chi connectivity index (χ3v) is 3.66. The second-order valence-corrected chi connectivity index (χ2v) is 6.23. The molecule has 27 heavy (non-hydrogen) atoms. The summed E-state index contributed by atoms with van der Waals surface area (Å²) in [6.45, 7) is 3.04. The summed E-state index contributed by atoms with van der Waals surface area (Å²) in [5.41, 5.74) is 5.07. The summed E-state index contributed by atoms with van der Waals surface area (Å²) in [7, 11) is 0. The van der Waals surface area contributed by atoms with Gasteiger partial charge in [-0.25, -0.2) is 5.43 Å². The number of amides is 1. The van der Waals surface area contributed by atoms with Crippen molar-refractivity contribution in [3.63, 3.8) is 0 Å². The molecule has 2 aromatic carbocycles. The monoisotopic (exact) mass is 376 g/mol. The van der Waals surface area contributed by atoms with Crippen molar-refractivity contribution < 1.29 is 23.0 Å². The van der Waals surface area contributed by atoms with Crippen molar-refractivity contribution in [1.29, 1.82) is 0 Å². The highest BCUT2D eigenvalue weighted by Crippen LogP contribution is 2.27. The fourth-order valence-corrected chi connectivity index (χ4v) is 2.33. The molecular formula is C20H22F2N2O3. The predicted molar refractivity (Wildman–Crippen MR) is 99.6 cm³/mol. The third-order valence-electron chi connectivity index (χ3n) is 3.66. The van der Waals surface area contributed by atoms with E-state index < -0.39 is 12.5 Å². The second kappa shape index (κ2) is 9.66. The van der Waals surface area contributed by atoms with E-state index in [2.05, 4.69) is 29.1 Å². The van der Waals surface area contributed by atoms with E-state index >= 15 is 0 Å². The Morgan fingerprint density at radius 3 is 2.52 bits per heavy atom. The molecule has 0 bridgehead atoms. The number of halogens is 2. The number of ether oxygens (including phenoxy) is 2. The zero-order valence-corrected chi connectivity index (χ0v) is 15.4. The van der Waals surface area contributed by atoms with Crippen LogP contribution in [0.3, 0.4) is 0 Å². The number of nitrogens with zero attached hydrogens (tertiary/aromatic N) is 1. The maximum Gasteiger partial charge on any atom is 0.387 e. The van der Waals surface area contributed by atoms with Crippen LogP contribution in [-0.4, -0.2) is 25.3 Å². The van der Waals surface area contributed by atoms with Crippen LogP contribution in [0, 0.1) is 6.92 Å². The van der Waals surface area contributed by atoms with E-state index in [1.165, 1.54) is 18.3 Å². The van der Waals surface area contributed by atoms with Gasteiger partial charge in [0.1, 0.15) is 11.5 Å². The zero-order chi connectivity index (χ0) is 19.8. The standard InChI is InChI=1S/C20H22F2N2O3/c1-13(2)17-9-4-14(3)10-18(17)26-12-19(25)24-23-11-15-5-7-16(8-6-15)27-20(21)22/h4-11,13,20H,12H2,1-3H3,(H,24,25). The molecule has 2 rings (SSSR count). The van der Waals surface area contributed by atoms with E-state index in [-0.39, 0.29) is 18.3 Å². The molecule has 0 spiro atoms. The maximum absolute atomic E-state index is 12.1. The fourth-order valence-electron chi connectivity index (χ4n) is 2.33. The third kappa shape index (κ3) is 6.69. The molecule has 0 fully saturated rings. The first-order valence-electron chi connectivity index (χ1n) is 8.45. The maximum atomic E-state index is 12.1. The lowest BCUT2D eigenvalue weighted by Gasteiger charge is -2.14. The summed E-state index contributed by atoms with van der Waals surface area (Å²) < 4.78 is 34.1. The number of hydrogen-bond donors (Lipinski definition) is 1. The number of alkyl halides is 2. The molecule has 0 radical (unpaired) electrons. The Labute approximate surface area is 157 Å². The number of carbonyl (C=O) groups is 1. The lowest BCUT2D eigenvalue weighted by molar-refractivity contribution is -0.123. The topological polar surface area (TPSA) is 59.9 Å². The Kier molecular flexibility index (Phi) is 7.28. The average molecular weight is 376 g/mol. The molecule has 1 N–H and O–H groups in total. The van der Waals surface area contributed by atoms with Crippen LogP contribution in [0.5, 0.6) is 11.5 Å². The molecule has 0 aromatic heterocycles. The van der Waals surface area contributed by atoms with Crippen molar-refractivity contribution >= 4 is 12.1 Å². The summed E-state index contributed by atoms with van der Waals surface area (Å²) in [4.78, 5) is 11.9. The van der Waals surface area contributed by atoms with Gasteiger partial charge in [0.15, 0.2) is 6.61 Å². The molecule has 0 aliphatic rings. The van der Waals surface area contributed by atoms with E-state index in [9.17, 15) is 13.6 Å². The van der Waals surface area contributed by atoms with Crippen LogP contribution >= 0.6 is 0 Å². The van der Waals surface area contributed by atoms with Gasteiger partial charge in [-0.05, 0) is 59.9 Å². The van der Waals surface area contributed by atoms with Gasteiger partial charge in [-0.2, -0.15) is 13.9 Å². The molecule has 0 aliphatic heterocycles. The van der Waals surface area contributed by atoms with Crippen LogP contribution in [0.4, 0.5) is 8.78 Å². The Hall–Kier alpha value is -2.96. The highest BCUT2D eigenvalue weighted by Gasteiger charge is 2.10. The Bertz CT molecular complexity index is 790. The molecule has 7 heteroatoms. The predicted octanol–water partition coefficient (Wildman–Crippen LogP) is 4.25. The number of carbonyl (C=O) groups excluding carboxylic acids is 1. The molecule has 5 nitrogen and oxygen atoms in total. The van der Waals surface area contributed by atoms with Gasteiger partial charge in [0.25, 0.3) is 5.91 Å². The lowest BCUT2D eigenvalue weighted by atomic mass is 10.0. The van der Waals surface area contributed by atoms with E-state index in [0.29, 0.717) is 11.3 Å². The van der Waals surface area contributed by atoms with Gasteiger partial charge in [-0.1, -0.05) is 26.0 Å². The van der Waals surface area contributed by atoms with Crippen LogP contribution in [0.25, 0.3) is 0 Å². The van der Waals surface area contributed by atoms with Crippen molar-refractivity contribution in [2.75, 3.05) is 6.61 Å². The molecule has 0 unspecified atom stereocenters. The zero-order valence-electron chi connectivity index (χ0n) is 15.4. The number of hydrogen-bond acceptors (Lipinski definition) is 4. The average Bonchev–Trinajstić information content (AvgIpc) is 2.61. The Balaban J connectivity index is 1.86. The van der Waals surface area contributed by atoms with Crippen LogP contribution < -0.4 is 14.9 Å². The van der Waals surface area contributed by atoms with Gasteiger partial charge < -0.3 is 9.47 Å². The van der Waals surface area contributed by atoms with Crippen LogP contribution in [0.1, 0.15) is 36.5 Å².